The maximum Gasteiger partial charge on any atom is 0.223 e. The van der Waals surface area contributed by atoms with Crippen LogP contribution in [0.5, 0.6) is 5.75 Å². The Balaban J connectivity index is 1.71. The summed E-state index contributed by atoms with van der Waals surface area (Å²) >= 11 is 1.38. The molecule has 0 saturated carbocycles. The third kappa shape index (κ3) is 3.34. The van der Waals surface area contributed by atoms with Gasteiger partial charge in [0.05, 0.1) is 19.1 Å². The number of oxazole rings is 1. The van der Waals surface area contributed by atoms with Crippen molar-refractivity contribution < 1.29 is 9.15 Å². The average molecular weight is 315 g/mol. The lowest BCUT2D eigenvalue weighted by atomic mass is 10.2. The number of thioether (sulfide) groups is 1. The molecule has 0 spiro atoms. The molecule has 0 bridgehead atoms. The Labute approximate surface area is 131 Å². The molecular weight excluding hydrogens is 302 g/mol. The van der Waals surface area contributed by atoms with Gasteiger partial charge >= 0.3 is 0 Å². The number of nitrogen functional groups attached to an aromatic ring is 1. The van der Waals surface area contributed by atoms with Crippen LogP contribution in [-0.4, -0.2) is 27.0 Å². The quantitative estimate of drug-likeness (QED) is 0.716. The van der Waals surface area contributed by atoms with Gasteiger partial charge in [-0.1, -0.05) is 23.9 Å². The van der Waals surface area contributed by atoms with Gasteiger partial charge in [-0.2, -0.15) is 4.98 Å². The van der Waals surface area contributed by atoms with Crippen LogP contribution in [0.3, 0.4) is 0 Å². The molecule has 0 aliphatic rings. The second kappa shape index (κ2) is 6.44. The molecule has 8 heteroatoms. The number of hydrogen-bond donors (Lipinski definition) is 1. The first kappa shape index (κ1) is 14.3. The highest BCUT2D eigenvalue weighted by Gasteiger charge is 2.09. The van der Waals surface area contributed by atoms with Gasteiger partial charge in [-0.15, -0.1) is 0 Å². The SMILES string of the molecule is COc1cccc(-c2cnc(CSc3ncnc(N)n3)o2)c1. The van der Waals surface area contributed by atoms with Crippen molar-refractivity contribution in [3.05, 3.63) is 42.7 Å². The second-order valence-electron chi connectivity index (χ2n) is 4.27. The topological polar surface area (TPSA) is 100.0 Å². The van der Waals surface area contributed by atoms with Crippen LogP contribution in [0.2, 0.25) is 0 Å². The van der Waals surface area contributed by atoms with Crippen LogP contribution < -0.4 is 10.5 Å². The summed E-state index contributed by atoms with van der Waals surface area (Å²) in [5.74, 6) is 2.74. The van der Waals surface area contributed by atoms with E-state index in [1.165, 1.54) is 18.1 Å². The van der Waals surface area contributed by atoms with Gasteiger partial charge in [0.2, 0.25) is 11.8 Å². The lowest BCUT2D eigenvalue weighted by molar-refractivity contribution is 0.414. The molecule has 0 aliphatic carbocycles. The van der Waals surface area contributed by atoms with Gasteiger partial charge in [-0.25, -0.2) is 15.0 Å². The third-order valence-electron chi connectivity index (χ3n) is 2.80. The Kier molecular flexibility index (Phi) is 4.19. The predicted molar refractivity (Wildman–Crippen MR) is 82.3 cm³/mol. The van der Waals surface area contributed by atoms with Gasteiger partial charge in [-0.05, 0) is 12.1 Å². The Hall–Kier alpha value is -2.61. The zero-order valence-corrected chi connectivity index (χ0v) is 12.6. The zero-order valence-electron chi connectivity index (χ0n) is 11.8. The van der Waals surface area contributed by atoms with Gasteiger partial charge in [-0.3, -0.25) is 0 Å². The van der Waals surface area contributed by atoms with Crippen molar-refractivity contribution in [2.75, 3.05) is 12.8 Å². The summed E-state index contributed by atoms with van der Waals surface area (Å²) in [6.07, 6.45) is 3.06. The fourth-order valence-electron chi connectivity index (χ4n) is 1.78. The maximum absolute atomic E-state index is 5.73. The van der Waals surface area contributed by atoms with E-state index in [-0.39, 0.29) is 5.95 Å². The van der Waals surface area contributed by atoms with E-state index in [0.29, 0.717) is 22.6 Å². The Bertz CT molecular complexity index is 777. The summed E-state index contributed by atoms with van der Waals surface area (Å²) in [5, 5.41) is 0.536. The van der Waals surface area contributed by atoms with Crippen molar-refractivity contribution in [2.45, 2.75) is 10.9 Å². The molecule has 112 valence electrons. The van der Waals surface area contributed by atoms with E-state index >= 15 is 0 Å². The fraction of sp³-hybridized carbons (Fsp3) is 0.143. The summed E-state index contributed by atoms with van der Waals surface area (Å²) < 4.78 is 10.9. The summed E-state index contributed by atoms with van der Waals surface area (Å²) in [5.41, 5.74) is 6.42. The minimum Gasteiger partial charge on any atom is -0.497 e. The molecule has 2 heterocycles. The van der Waals surface area contributed by atoms with Crippen LogP contribution in [0.15, 0.2) is 46.4 Å². The molecule has 0 amide bonds. The molecule has 1 aromatic carbocycles. The van der Waals surface area contributed by atoms with Crippen LogP contribution in [0.4, 0.5) is 5.95 Å². The second-order valence-corrected chi connectivity index (χ2v) is 5.21. The van der Waals surface area contributed by atoms with E-state index in [2.05, 4.69) is 19.9 Å². The lowest BCUT2D eigenvalue weighted by Crippen LogP contribution is -1.97. The summed E-state index contributed by atoms with van der Waals surface area (Å²) in [4.78, 5) is 16.0. The molecule has 0 aliphatic heterocycles. The molecule has 2 aromatic heterocycles. The number of nitrogens with two attached hydrogens (primary N) is 1. The number of rotatable bonds is 5. The fourth-order valence-corrected chi connectivity index (χ4v) is 2.44. The van der Waals surface area contributed by atoms with Crippen molar-refractivity contribution in [1.82, 2.24) is 19.9 Å². The summed E-state index contributed by atoms with van der Waals surface area (Å²) in [6.45, 7) is 0. The van der Waals surface area contributed by atoms with Crippen LogP contribution in [0.1, 0.15) is 5.89 Å². The molecule has 7 nitrogen and oxygen atoms in total. The Morgan fingerprint density at radius 2 is 2.18 bits per heavy atom. The molecular formula is C14H13N5O2S. The minimum absolute atomic E-state index is 0.196. The van der Waals surface area contributed by atoms with Gasteiger partial charge in [0.1, 0.15) is 12.1 Å². The predicted octanol–water partition coefficient (Wildman–Crippen LogP) is 2.41. The largest absolute Gasteiger partial charge is 0.497 e. The van der Waals surface area contributed by atoms with E-state index in [0.717, 1.165) is 11.3 Å². The highest BCUT2D eigenvalue weighted by molar-refractivity contribution is 7.98. The van der Waals surface area contributed by atoms with Crippen molar-refractivity contribution in [3.63, 3.8) is 0 Å². The highest BCUT2D eigenvalue weighted by atomic mass is 32.2. The van der Waals surface area contributed by atoms with E-state index < -0.39 is 0 Å². The van der Waals surface area contributed by atoms with E-state index in [1.807, 2.05) is 24.3 Å². The molecule has 0 unspecified atom stereocenters. The first-order chi connectivity index (χ1) is 10.7. The lowest BCUT2D eigenvalue weighted by Gasteiger charge is -2.01. The van der Waals surface area contributed by atoms with E-state index in [1.54, 1.807) is 13.3 Å². The zero-order chi connectivity index (χ0) is 15.4. The number of hydrogen-bond acceptors (Lipinski definition) is 8. The van der Waals surface area contributed by atoms with E-state index in [9.17, 15) is 0 Å². The molecule has 2 N–H and O–H groups in total. The minimum atomic E-state index is 0.196. The first-order valence-electron chi connectivity index (χ1n) is 6.41. The van der Waals surface area contributed by atoms with Crippen LogP contribution in [0.25, 0.3) is 11.3 Å². The third-order valence-corrected chi connectivity index (χ3v) is 3.65. The number of benzene rings is 1. The average Bonchev–Trinajstić information content (AvgIpc) is 3.02. The molecule has 3 rings (SSSR count). The molecule has 3 aromatic rings. The van der Waals surface area contributed by atoms with E-state index in [4.69, 9.17) is 14.9 Å². The molecule has 0 radical (unpaired) electrons. The standard InChI is InChI=1S/C14H13N5O2S/c1-20-10-4-2-3-9(5-10)11-6-16-12(21-11)7-22-14-18-8-17-13(15)19-14/h2-6,8H,7H2,1H3,(H2,15,17,18,19). The van der Waals surface area contributed by atoms with Crippen molar-refractivity contribution in [2.24, 2.45) is 0 Å². The maximum atomic E-state index is 5.73. The van der Waals surface area contributed by atoms with Crippen LogP contribution >= 0.6 is 11.8 Å². The van der Waals surface area contributed by atoms with Gasteiger partial charge in [0, 0.05) is 5.56 Å². The molecule has 0 saturated heterocycles. The number of anilines is 1. The highest BCUT2D eigenvalue weighted by Crippen LogP contribution is 2.26. The number of ether oxygens (including phenoxy) is 1. The van der Waals surface area contributed by atoms with Crippen molar-refractivity contribution in [1.29, 1.82) is 0 Å². The van der Waals surface area contributed by atoms with Crippen molar-refractivity contribution in [3.8, 4) is 17.1 Å². The van der Waals surface area contributed by atoms with Gasteiger partial charge in [0.15, 0.2) is 10.9 Å². The Morgan fingerprint density at radius 3 is 3.00 bits per heavy atom. The van der Waals surface area contributed by atoms with Crippen molar-refractivity contribution >= 4 is 17.7 Å². The number of nitrogens with zero attached hydrogens (tertiary/aromatic N) is 4. The number of methoxy groups -OCH3 is 1. The van der Waals surface area contributed by atoms with Crippen LogP contribution in [-0.2, 0) is 5.75 Å². The van der Waals surface area contributed by atoms with Gasteiger partial charge in [0.25, 0.3) is 0 Å². The first-order valence-corrected chi connectivity index (χ1v) is 7.39. The van der Waals surface area contributed by atoms with Crippen LogP contribution in [0, 0.1) is 0 Å². The Morgan fingerprint density at radius 1 is 1.27 bits per heavy atom. The normalized spacial score (nSPS) is 10.6. The smallest absolute Gasteiger partial charge is 0.223 e. The summed E-state index contributed by atoms with van der Waals surface area (Å²) in [6, 6.07) is 7.61. The monoisotopic (exact) mass is 315 g/mol. The molecule has 22 heavy (non-hydrogen) atoms. The molecule has 0 fully saturated rings. The number of aromatic nitrogens is 4. The van der Waals surface area contributed by atoms with Gasteiger partial charge < -0.3 is 14.9 Å². The molecule has 0 atom stereocenters. The summed E-state index contributed by atoms with van der Waals surface area (Å²) in [7, 11) is 1.63.